The zero-order valence-electron chi connectivity index (χ0n) is 16.8. The molecular weight excluding hydrogens is 378 g/mol. The van der Waals surface area contributed by atoms with Crippen LogP contribution in [0.3, 0.4) is 0 Å². The fourth-order valence-electron chi connectivity index (χ4n) is 3.58. The number of piperidine rings is 1. The van der Waals surface area contributed by atoms with Gasteiger partial charge in [0.25, 0.3) is 0 Å². The van der Waals surface area contributed by atoms with Gasteiger partial charge in [0.05, 0.1) is 25.1 Å². The Bertz CT molecular complexity index is 885. The summed E-state index contributed by atoms with van der Waals surface area (Å²) in [6, 6.07) is 7.44. The number of benzene rings is 1. The predicted molar refractivity (Wildman–Crippen MR) is 107 cm³/mol. The Morgan fingerprint density at radius 2 is 1.68 bits per heavy atom. The smallest absolute Gasteiger partial charge is 0.246 e. The first-order valence-corrected chi connectivity index (χ1v) is 11.2. The Kier molecular flexibility index (Phi) is 6.61. The van der Waals surface area contributed by atoms with E-state index < -0.39 is 10.0 Å². The maximum atomic E-state index is 13.0. The third-order valence-electron chi connectivity index (χ3n) is 5.07. The standard InChI is InChI=1S/C20H29N3O4S/c1-16-20(28(24,25)22-12-5-4-6-13-22)17(2)23(21-16)14-7-15-27-19-10-8-18(26-3)9-11-19/h8-11H,4-7,12-15H2,1-3H3. The number of hydrogen-bond acceptors (Lipinski definition) is 5. The first kappa shape index (κ1) is 20.7. The van der Waals surface area contributed by atoms with Crippen LogP contribution in [0.25, 0.3) is 0 Å². The van der Waals surface area contributed by atoms with Gasteiger partial charge in [-0.05, 0) is 51.0 Å². The second-order valence-corrected chi connectivity index (χ2v) is 8.94. The second-order valence-electron chi connectivity index (χ2n) is 7.07. The van der Waals surface area contributed by atoms with E-state index in [1.54, 1.807) is 23.0 Å². The van der Waals surface area contributed by atoms with E-state index in [-0.39, 0.29) is 0 Å². The summed E-state index contributed by atoms with van der Waals surface area (Å²) < 4.78 is 40.4. The van der Waals surface area contributed by atoms with Gasteiger partial charge >= 0.3 is 0 Å². The van der Waals surface area contributed by atoms with Gasteiger partial charge in [-0.1, -0.05) is 6.42 Å². The molecular formula is C20H29N3O4S. The number of methoxy groups -OCH3 is 1. The van der Waals surface area contributed by atoms with Gasteiger partial charge in [-0.25, -0.2) is 8.42 Å². The van der Waals surface area contributed by atoms with Crippen molar-refractivity contribution < 1.29 is 17.9 Å². The minimum atomic E-state index is -3.48. The van der Waals surface area contributed by atoms with Gasteiger partial charge in [-0.2, -0.15) is 9.40 Å². The average molecular weight is 408 g/mol. The normalized spacial score (nSPS) is 15.5. The molecule has 28 heavy (non-hydrogen) atoms. The van der Waals surface area contributed by atoms with Crippen LogP contribution in [-0.4, -0.2) is 49.3 Å². The molecule has 0 atom stereocenters. The van der Waals surface area contributed by atoms with Crippen molar-refractivity contribution in [2.45, 2.75) is 51.0 Å². The fraction of sp³-hybridized carbons (Fsp3) is 0.550. The molecule has 2 heterocycles. The van der Waals surface area contributed by atoms with Crippen molar-refractivity contribution in [2.75, 3.05) is 26.8 Å². The van der Waals surface area contributed by atoms with E-state index in [2.05, 4.69) is 5.10 Å². The highest BCUT2D eigenvalue weighted by Gasteiger charge is 2.31. The molecule has 2 aromatic rings. The molecule has 1 aromatic heterocycles. The van der Waals surface area contributed by atoms with Crippen molar-refractivity contribution in [3.8, 4) is 11.5 Å². The lowest BCUT2D eigenvalue weighted by atomic mass is 10.2. The van der Waals surface area contributed by atoms with Crippen molar-refractivity contribution in [2.24, 2.45) is 0 Å². The molecule has 8 heteroatoms. The van der Waals surface area contributed by atoms with Crippen molar-refractivity contribution >= 4 is 10.0 Å². The molecule has 154 valence electrons. The minimum Gasteiger partial charge on any atom is -0.497 e. The van der Waals surface area contributed by atoms with Crippen LogP contribution < -0.4 is 9.47 Å². The van der Waals surface area contributed by atoms with Crippen LogP contribution in [0, 0.1) is 13.8 Å². The number of nitrogens with zero attached hydrogens (tertiary/aromatic N) is 3. The van der Waals surface area contributed by atoms with Crippen molar-refractivity contribution in [3.05, 3.63) is 35.7 Å². The third-order valence-corrected chi connectivity index (χ3v) is 7.22. The van der Waals surface area contributed by atoms with Crippen LogP contribution in [0.2, 0.25) is 0 Å². The van der Waals surface area contributed by atoms with Crippen LogP contribution >= 0.6 is 0 Å². The van der Waals surface area contributed by atoms with E-state index in [1.165, 1.54) is 0 Å². The third kappa shape index (κ3) is 4.50. The molecule has 1 aliphatic rings. The first-order chi connectivity index (χ1) is 13.4. The lowest BCUT2D eigenvalue weighted by molar-refractivity contribution is 0.297. The largest absolute Gasteiger partial charge is 0.497 e. The maximum absolute atomic E-state index is 13.0. The molecule has 1 aliphatic heterocycles. The van der Waals surface area contributed by atoms with E-state index in [4.69, 9.17) is 9.47 Å². The molecule has 7 nitrogen and oxygen atoms in total. The van der Waals surface area contributed by atoms with Gasteiger partial charge < -0.3 is 9.47 Å². The highest BCUT2D eigenvalue weighted by Crippen LogP contribution is 2.26. The van der Waals surface area contributed by atoms with Crippen LogP contribution in [-0.2, 0) is 16.6 Å². The average Bonchev–Trinajstić information content (AvgIpc) is 3.00. The van der Waals surface area contributed by atoms with E-state index in [0.29, 0.717) is 42.5 Å². The summed E-state index contributed by atoms with van der Waals surface area (Å²) in [5.74, 6) is 1.57. The van der Waals surface area contributed by atoms with E-state index in [9.17, 15) is 8.42 Å². The molecule has 3 rings (SSSR count). The molecule has 1 saturated heterocycles. The van der Waals surface area contributed by atoms with Crippen molar-refractivity contribution in [3.63, 3.8) is 0 Å². The van der Waals surface area contributed by atoms with Gasteiger partial charge in [0.2, 0.25) is 10.0 Å². The molecule has 0 radical (unpaired) electrons. The maximum Gasteiger partial charge on any atom is 0.246 e. The molecule has 1 fully saturated rings. The van der Waals surface area contributed by atoms with Crippen molar-refractivity contribution in [1.82, 2.24) is 14.1 Å². The Balaban J connectivity index is 1.61. The molecule has 0 amide bonds. The number of aryl methyl sites for hydroxylation is 2. The van der Waals surface area contributed by atoms with Crippen LogP contribution in [0.4, 0.5) is 0 Å². The van der Waals surface area contributed by atoms with Gasteiger partial charge in [0, 0.05) is 26.1 Å². The van der Waals surface area contributed by atoms with E-state index in [0.717, 1.165) is 37.2 Å². The number of sulfonamides is 1. The topological polar surface area (TPSA) is 73.7 Å². The van der Waals surface area contributed by atoms with Gasteiger partial charge in [0.1, 0.15) is 16.4 Å². The second kappa shape index (κ2) is 8.96. The Morgan fingerprint density at radius 3 is 2.32 bits per heavy atom. The zero-order chi connectivity index (χ0) is 20.1. The quantitative estimate of drug-likeness (QED) is 0.629. The van der Waals surface area contributed by atoms with Gasteiger partial charge in [-0.15, -0.1) is 0 Å². The SMILES string of the molecule is COc1ccc(OCCCn2nc(C)c(S(=O)(=O)N3CCCCC3)c2C)cc1. The Labute approximate surface area is 167 Å². The summed E-state index contributed by atoms with van der Waals surface area (Å²) in [5, 5.41) is 4.48. The molecule has 0 unspecified atom stereocenters. The summed E-state index contributed by atoms with van der Waals surface area (Å²) in [7, 11) is -1.85. The Morgan fingerprint density at radius 1 is 1.04 bits per heavy atom. The molecule has 0 aliphatic carbocycles. The molecule has 0 spiro atoms. The number of rotatable bonds is 8. The molecule has 0 saturated carbocycles. The molecule has 0 bridgehead atoms. The number of hydrogen-bond donors (Lipinski definition) is 0. The summed E-state index contributed by atoms with van der Waals surface area (Å²) in [6.45, 7) is 5.94. The molecule has 0 N–H and O–H groups in total. The summed E-state index contributed by atoms with van der Waals surface area (Å²) in [4.78, 5) is 0.366. The van der Waals surface area contributed by atoms with Crippen LogP contribution in [0.1, 0.15) is 37.1 Å². The monoisotopic (exact) mass is 407 g/mol. The highest BCUT2D eigenvalue weighted by molar-refractivity contribution is 7.89. The first-order valence-electron chi connectivity index (χ1n) is 9.74. The van der Waals surface area contributed by atoms with Gasteiger partial charge in [-0.3, -0.25) is 4.68 Å². The van der Waals surface area contributed by atoms with Crippen molar-refractivity contribution in [1.29, 1.82) is 0 Å². The fourth-order valence-corrected chi connectivity index (χ4v) is 5.47. The van der Waals surface area contributed by atoms with E-state index in [1.807, 2.05) is 31.2 Å². The number of aromatic nitrogens is 2. The minimum absolute atomic E-state index is 0.366. The highest BCUT2D eigenvalue weighted by atomic mass is 32.2. The Hall–Kier alpha value is -2.06. The van der Waals surface area contributed by atoms with Crippen LogP contribution in [0.15, 0.2) is 29.2 Å². The van der Waals surface area contributed by atoms with E-state index >= 15 is 0 Å². The summed E-state index contributed by atoms with van der Waals surface area (Å²) >= 11 is 0. The summed E-state index contributed by atoms with van der Waals surface area (Å²) in [6.07, 6.45) is 3.68. The lowest BCUT2D eigenvalue weighted by Gasteiger charge is -2.26. The van der Waals surface area contributed by atoms with Gasteiger partial charge in [0.15, 0.2) is 0 Å². The lowest BCUT2D eigenvalue weighted by Crippen LogP contribution is -2.36. The number of ether oxygens (including phenoxy) is 2. The zero-order valence-corrected chi connectivity index (χ0v) is 17.7. The van der Waals surface area contributed by atoms with Crippen LogP contribution in [0.5, 0.6) is 11.5 Å². The summed E-state index contributed by atoms with van der Waals surface area (Å²) in [5.41, 5.74) is 1.27. The molecule has 1 aromatic carbocycles. The predicted octanol–water partition coefficient (Wildman–Crippen LogP) is 3.15.